The number of carbonyl (C=O) groups excluding carboxylic acids is 1. The number of ketones is 1. The number of carbonyl (C=O) groups is 1. The van der Waals surface area contributed by atoms with E-state index in [2.05, 4.69) is 38.1 Å². The fraction of sp³-hybridized carbons (Fsp3) is 0.346. The van der Waals surface area contributed by atoms with Gasteiger partial charge in [-0.05, 0) is 63.1 Å². The first kappa shape index (κ1) is 20.9. The van der Waals surface area contributed by atoms with Crippen molar-refractivity contribution in [1.29, 1.82) is 0 Å². The van der Waals surface area contributed by atoms with Gasteiger partial charge in [0.1, 0.15) is 17.1 Å². The van der Waals surface area contributed by atoms with Gasteiger partial charge in [0.05, 0.1) is 7.11 Å². The summed E-state index contributed by atoms with van der Waals surface area (Å²) in [6, 6.07) is 15.2. The Kier molecular flexibility index (Phi) is 6.92. The molecule has 0 amide bonds. The summed E-state index contributed by atoms with van der Waals surface area (Å²) in [4.78, 5) is 13.5. The smallest absolute Gasteiger partial charge is 0.174 e. The van der Waals surface area contributed by atoms with Gasteiger partial charge in [-0.3, -0.25) is 4.79 Å². The van der Waals surface area contributed by atoms with Gasteiger partial charge < -0.3 is 9.84 Å². The van der Waals surface area contributed by atoms with E-state index in [1.54, 1.807) is 18.2 Å². The van der Waals surface area contributed by atoms with Gasteiger partial charge in [0.25, 0.3) is 0 Å². The molecule has 3 heteroatoms. The van der Waals surface area contributed by atoms with E-state index < -0.39 is 0 Å². The highest BCUT2D eigenvalue weighted by atomic mass is 16.5. The van der Waals surface area contributed by atoms with Crippen molar-refractivity contribution < 1.29 is 14.6 Å². The maximum absolute atomic E-state index is 13.5. The predicted molar refractivity (Wildman–Crippen MR) is 118 cm³/mol. The summed E-state index contributed by atoms with van der Waals surface area (Å²) in [5, 5.41) is 10.4. The van der Waals surface area contributed by atoms with Crippen molar-refractivity contribution in [3.05, 3.63) is 83.0 Å². The van der Waals surface area contributed by atoms with E-state index in [4.69, 9.17) is 4.74 Å². The van der Waals surface area contributed by atoms with Crippen LogP contribution in [0.2, 0.25) is 0 Å². The van der Waals surface area contributed by atoms with Crippen LogP contribution in [-0.2, 0) is 0 Å². The van der Waals surface area contributed by atoms with Crippen LogP contribution in [-0.4, -0.2) is 18.0 Å². The van der Waals surface area contributed by atoms with Crippen molar-refractivity contribution in [3.8, 4) is 11.5 Å². The Morgan fingerprint density at radius 3 is 2.59 bits per heavy atom. The highest BCUT2D eigenvalue weighted by Crippen LogP contribution is 2.43. The average Bonchev–Trinajstić information content (AvgIpc) is 2.73. The van der Waals surface area contributed by atoms with Crippen molar-refractivity contribution in [2.45, 2.75) is 45.4 Å². The number of hydrogen-bond donors (Lipinski definition) is 1. The van der Waals surface area contributed by atoms with Crippen LogP contribution in [0.15, 0.2) is 71.8 Å². The molecule has 0 unspecified atom stereocenters. The number of ether oxygens (including phenoxy) is 1. The molecule has 1 N–H and O–H groups in total. The Morgan fingerprint density at radius 1 is 1.14 bits per heavy atom. The third-order valence-electron chi connectivity index (χ3n) is 5.68. The van der Waals surface area contributed by atoms with Crippen LogP contribution in [0.25, 0.3) is 0 Å². The second-order valence-electron chi connectivity index (χ2n) is 7.96. The summed E-state index contributed by atoms with van der Waals surface area (Å²) in [6.07, 6.45) is 8.10. The van der Waals surface area contributed by atoms with Gasteiger partial charge in [0, 0.05) is 5.92 Å². The number of rotatable bonds is 7. The summed E-state index contributed by atoms with van der Waals surface area (Å²) >= 11 is 0. The molecule has 0 saturated carbocycles. The maximum Gasteiger partial charge on any atom is 0.174 e. The Morgan fingerprint density at radius 2 is 1.90 bits per heavy atom. The number of allylic oxidation sites excluding steroid dienone is 4. The lowest BCUT2D eigenvalue weighted by atomic mass is 9.72. The first-order valence-corrected chi connectivity index (χ1v) is 10.3. The second-order valence-corrected chi connectivity index (χ2v) is 7.96. The topological polar surface area (TPSA) is 46.5 Å². The molecule has 0 aliphatic heterocycles. The van der Waals surface area contributed by atoms with E-state index >= 15 is 0 Å². The number of aromatic hydroxyl groups is 1. The highest BCUT2D eigenvalue weighted by molar-refractivity contribution is 6.03. The molecule has 0 spiro atoms. The zero-order chi connectivity index (χ0) is 20.8. The number of Topliss-reactive ketones (excluding diaryl/α,β-unsaturated/α-hetero) is 1. The van der Waals surface area contributed by atoms with Gasteiger partial charge in [0.15, 0.2) is 5.78 Å². The molecular weight excluding hydrogens is 360 g/mol. The highest BCUT2D eigenvalue weighted by Gasteiger charge is 2.35. The molecule has 0 saturated heterocycles. The van der Waals surface area contributed by atoms with Crippen molar-refractivity contribution in [2.75, 3.05) is 7.11 Å². The second kappa shape index (κ2) is 9.60. The average molecular weight is 391 g/mol. The molecule has 1 aliphatic carbocycles. The van der Waals surface area contributed by atoms with Gasteiger partial charge in [-0.25, -0.2) is 0 Å². The lowest BCUT2D eigenvalue weighted by molar-refractivity contribution is 0.0889. The van der Waals surface area contributed by atoms with Crippen molar-refractivity contribution >= 4 is 5.78 Å². The molecule has 2 atom stereocenters. The van der Waals surface area contributed by atoms with Gasteiger partial charge in [-0.15, -0.1) is 0 Å². The minimum Gasteiger partial charge on any atom is -0.507 e. The molecule has 1 aliphatic rings. The molecule has 2 aromatic carbocycles. The lowest BCUT2D eigenvalue weighted by Crippen LogP contribution is -2.26. The largest absolute Gasteiger partial charge is 0.507 e. The first-order chi connectivity index (χ1) is 14.0. The normalized spacial score (nSPS) is 18.7. The molecule has 0 fully saturated rings. The number of benzene rings is 2. The van der Waals surface area contributed by atoms with E-state index in [9.17, 15) is 9.90 Å². The molecule has 0 aromatic heterocycles. The fourth-order valence-electron chi connectivity index (χ4n) is 4.18. The number of hydrogen-bond acceptors (Lipinski definition) is 3. The third kappa shape index (κ3) is 4.97. The molecule has 152 valence electrons. The predicted octanol–water partition coefficient (Wildman–Crippen LogP) is 6.45. The van der Waals surface area contributed by atoms with Crippen LogP contribution in [0.3, 0.4) is 0 Å². The van der Waals surface area contributed by atoms with Gasteiger partial charge in [-0.1, -0.05) is 59.7 Å². The molecule has 0 heterocycles. The van der Waals surface area contributed by atoms with Crippen LogP contribution < -0.4 is 4.74 Å². The monoisotopic (exact) mass is 390 g/mol. The quantitative estimate of drug-likeness (QED) is 0.436. The first-order valence-electron chi connectivity index (χ1n) is 10.3. The minimum absolute atomic E-state index is 0.0144. The summed E-state index contributed by atoms with van der Waals surface area (Å²) < 4.78 is 5.37. The van der Waals surface area contributed by atoms with E-state index in [0.29, 0.717) is 17.7 Å². The maximum atomic E-state index is 13.5. The van der Waals surface area contributed by atoms with E-state index in [0.717, 1.165) is 19.3 Å². The van der Waals surface area contributed by atoms with Gasteiger partial charge in [0.2, 0.25) is 0 Å². The zero-order valence-electron chi connectivity index (χ0n) is 17.5. The molecule has 0 radical (unpaired) electrons. The van der Waals surface area contributed by atoms with Crippen LogP contribution >= 0.6 is 0 Å². The molecule has 3 nitrogen and oxygen atoms in total. The van der Waals surface area contributed by atoms with Crippen LogP contribution in [0.5, 0.6) is 11.5 Å². The SMILES string of the molecule is COc1cccc(O)c1C(=O)[C@H]1CC=C(CCC=C(C)C)C[C@@H]1c1ccccc1. The zero-order valence-corrected chi connectivity index (χ0v) is 17.5. The Balaban J connectivity index is 1.92. The summed E-state index contributed by atoms with van der Waals surface area (Å²) in [5.41, 5.74) is 4.21. The van der Waals surface area contributed by atoms with Crippen LogP contribution in [0, 0.1) is 5.92 Å². The van der Waals surface area contributed by atoms with Crippen molar-refractivity contribution in [3.63, 3.8) is 0 Å². The Hall–Kier alpha value is -2.81. The van der Waals surface area contributed by atoms with E-state index in [1.807, 2.05) is 18.2 Å². The standard InChI is InChI=1S/C26H30O3/c1-18(2)9-7-10-19-15-16-21(22(17-19)20-11-5-4-6-12-20)26(28)25-23(27)13-8-14-24(25)29-3/h4-6,8-9,11-15,21-22,27H,7,10,16-17H2,1-3H3/t21-,22+/m0/s1. The summed E-state index contributed by atoms with van der Waals surface area (Å²) in [7, 11) is 1.53. The van der Waals surface area contributed by atoms with Crippen molar-refractivity contribution in [2.24, 2.45) is 5.92 Å². The Labute approximate surface area is 173 Å². The summed E-state index contributed by atoms with van der Waals surface area (Å²) in [6.45, 7) is 4.24. The minimum atomic E-state index is -0.216. The molecular formula is C26H30O3. The van der Waals surface area contributed by atoms with Crippen molar-refractivity contribution in [1.82, 2.24) is 0 Å². The van der Waals surface area contributed by atoms with Gasteiger partial charge >= 0.3 is 0 Å². The van der Waals surface area contributed by atoms with E-state index in [1.165, 1.54) is 23.8 Å². The van der Waals surface area contributed by atoms with Crippen LogP contribution in [0.4, 0.5) is 0 Å². The number of methoxy groups -OCH3 is 1. The fourth-order valence-corrected chi connectivity index (χ4v) is 4.18. The number of phenolic OH excluding ortho intramolecular Hbond substituents is 1. The van der Waals surface area contributed by atoms with E-state index in [-0.39, 0.29) is 23.4 Å². The molecule has 29 heavy (non-hydrogen) atoms. The lowest BCUT2D eigenvalue weighted by Gasteiger charge is -2.31. The third-order valence-corrected chi connectivity index (χ3v) is 5.68. The van der Waals surface area contributed by atoms with Gasteiger partial charge in [-0.2, -0.15) is 0 Å². The van der Waals surface area contributed by atoms with Crippen LogP contribution in [0.1, 0.15) is 61.4 Å². The molecule has 2 aromatic rings. The summed E-state index contributed by atoms with van der Waals surface area (Å²) in [5.74, 6) is 0.250. The Bertz CT molecular complexity index is 905. The number of phenols is 1. The molecule has 3 rings (SSSR count). The molecule has 0 bridgehead atoms.